The SMILES string of the molecule is C=CCCCC(C=C)NC=O. The van der Waals surface area contributed by atoms with E-state index in [2.05, 4.69) is 18.5 Å². The summed E-state index contributed by atoms with van der Waals surface area (Å²) in [6, 6.07) is 0.118. The normalized spacial score (nSPS) is 11.6. The van der Waals surface area contributed by atoms with E-state index in [1.807, 2.05) is 6.08 Å². The molecule has 0 aliphatic rings. The second-order valence-corrected chi connectivity index (χ2v) is 2.35. The maximum atomic E-state index is 10.0. The van der Waals surface area contributed by atoms with Crippen molar-refractivity contribution in [1.82, 2.24) is 5.32 Å². The zero-order chi connectivity index (χ0) is 8.53. The van der Waals surface area contributed by atoms with Gasteiger partial charge in [-0.2, -0.15) is 0 Å². The molecule has 0 saturated heterocycles. The smallest absolute Gasteiger partial charge is 0.207 e. The molecule has 1 amide bonds. The highest BCUT2D eigenvalue weighted by atomic mass is 16.1. The van der Waals surface area contributed by atoms with E-state index >= 15 is 0 Å². The van der Waals surface area contributed by atoms with Crippen molar-refractivity contribution in [1.29, 1.82) is 0 Å². The van der Waals surface area contributed by atoms with Crippen LogP contribution in [0.2, 0.25) is 0 Å². The van der Waals surface area contributed by atoms with Crippen LogP contribution in [0.1, 0.15) is 19.3 Å². The number of rotatable bonds is 7. The molecule has 0 aliphatic carbocycles. The van der Waals surface area contributed by atoms with Crippen LogP contribution in [-0.2, 0) is 4.79 Å². The molecule has 0 fully saturated rings. The summed E-state index contributed by atoms with van der Waals surface area (Å²) in [6.07, 6.45) is 7.30. The van der Waals surface area contributed by atoms with Crippen LogP contribution in [0.15, 0.2) is 25.3 Å². The van der Waals surface area contributed by atoms with Gasteiger partial charge in [0.05, 0.1) is 0 Å². The molecule has 11 heavy (non-hydrogen) atoms. The molecule has 0 aromatic heterocycles. The third kappa shape index (κ3) is 5.40. The Bertz CT molecular complexity index is 132. The van der Waals surface area contributed by atoms with Gasteiger partial charge in [-0.1, -0.05) is 12.2 Å². The lowest BCUT2D eigenvalue weighted by Gasteiger charge is -2.08. The molecule has 0 aromatic carbocycles. The monoisotopic (exact) mass is 153 g/mol. The van der Waals surface area contributed by atoms with Crippen molar-refractivity contribution in [2.75, 3.05) is 0 Å². The van der Waals surface area contributed by atoms with Gasteiger partial charge in [0.2, 0.25) is 6.41 Å². The van der Waals surface area contributed by atoms with E-state index in [9.17, 15) is 4.79 Å². The number of allylic oxidation sites excluding steroid dienone is 1. The Morgan fingerprint density at radius 2 is 2.18 bits per heavy atom. The first-order chi connectivity index (χ1) is 5.35. The van der Waals surface area contributed by atoms with E-state index in [0.29, 0.717) is 6.41 Å². The summed E-state index contributed by atoms with van der Waals surface area (Å²) in [4.78, 5) is 10.0. The molecule has 2 heteroatoms. The van der Waals surface area contributed by atoms with Gasteiger partial charge in [-0.3, -0.25) is 4.79 Å². The van der Waals surface area contributed by atoms with Gasteiger partial charge < -0.3 is 5.32 Å². The Hall–Kier alpha value is -1.05. The van der Waals surface area contributed by atoms with E-state index in [0.717, 1.165) is 19.3 Å². The van der Waals surface area contributed by atoms with E-state index in [4.69, 9.17) is 0 Å². The quantitative estimate of drug-likeness (QED) is 0.336. The number of carbonyl (C=O) groups excluding carboxylic acids is 1. The van der Waals surface area contributed by atoms with Crippen LogP contribution < -0.4 is 5.32 Å². The Morgan fingerprint density at radius 1 is 1.45 bits per heavy atom. The molecule has 0 aliphatic heterocycles. The van der Waals surface area contributed by atoms with Crippen LogP contribution in [0, 0.1) is 0 Å². The molecule has 0 rings (SSSR count). The lowest BCUT2D eigenvalue weighted by atomic mass is 10.1. The average molecular weight is 153 g/mol. The molecule has 2 nitrogen and oxygen atoms in total. The molecular formula is C9H15NO. The maximum absolute atomic E-state index is 10.0. The summed E-state index contributed by atoms with van der Waals surface area (Å²) in [5, 5.41) is 2.66. The second kappa shape index (κ2) is 7.06. The topological polar surface area (TPSA) is 29.1 Å². The van der Waals surface area contributed by atoms with Crippen LogP contribution in [0.25, 0.3) is 0 Å². The summed E-state index contributed by atoms with van der Waals surface area (Å²) >= 11 is 0. The fraction of sp³-hybridized carbons (Fsp3) is 0.444. The predicted molar refractivity (Wildman–Crippen MR) is 47.2 cm³/mol. The van der Waals surface area contributed by atoms with Crippen molar-refractivity contribution < 1.29 is 4.79 Å². The minimum atomic E-state index is 0.118. The van der Waals surface area contributed by atoms with E-state index in [-0.39, 0.29) is 6.04 Å². The van der Waals surface area contributed by atoms with Crippen LogP contribution in [0.3, 0.4) is 0 Å². The van der Waals surface area contributed by atoms with E-state index < -0.39 is 0 Å². The third-order valence-corrected chi connectivity index (χ3v) is 1.49. The number of hydrogen-bond donors (Lipinski definition) is 1. The zero-order valence-electron chi connectivity index (χ0n) is 6.75. The van der Waals surface area contributed by atoms with Gasteiger partial charge in [0.25, 0.3) is 0 Å². The lowest BCUT2D eigenvalue weighted by molar-refractivity contribution is -0.109. The third-order valence-electron chi connectivity index (χ3n) is 1.49. The maximum Gasteiger partial charge on any atom is 0.207 e. The summed E-state index contributed by atoms with van der Waals surface area (Å²) in [7, 11) is 0. The fourth-order valence-electron chi connectivity index (χ4n) is 0.839. The molecule has 0 heterocycles. The summed E-state index contributed by atoms with van der Waals surface area (Å²) in [6.45, 7) is 7.22. The Labute approximate surface area is 68.0 Å². The number of carbonyl (C=O) groups is 1. The second-order valence-electron chi connectivity index (χ2n) is 2.35. The van der Waals surface area contributed by atoms with Gasteiger partial charge in [0.15, 0.2) is 0 Å². The molecule has 1 atom stereocenters. The molecule has 0 spiro atoms. The minimum Gasteiger partial charge on any atom is -0.352 e. The molecule has 0 radical (unpaired) electrons. The molecule has 1 unspecified atom stereocenters. The number of hydrogen-bond acceptors (Lipinski definition) is 1. The number of nitrogens with one attached hydrogen (secondary N) is 1. The first kappa shape index (κ1) is 9.95. The van der Waals surface area contributed by atoms with Crippen molar-refractivity contribution in [3.63, 3.8) is 0 Å². The standard InChI is InChI=1S/C9H15NO/c1-3-5-6-7-9(4-2)10-8-11/h3-4,8-9H,1-2,5-7H2,(H,10,11). The van der Waals surface area contributed by atoms with Crippen molar-refractivity contribution in [3.05, 3.63) is 25.3 Å². The minimum absolute atomic E-state index is 0.118. The van der Waals surface area contributed by atoms with Gasteiger partial charge in [-0.05, 0) is 19.3 Å². The highest BCUT2D eigenvalue weighted by Gasteiger charge is 1.99. The predicted octanol–water partition coefficient (Wildman–Crippen LogP) is 1.64. The number of amides is 1. The van der Waals surface area contributed by atoms with Crippen LogP contribution in [-0.4, -0.2) is 12.5 Å². The van der Waals surface area contributed by atoms with Gasteiger partial charge in [0, 0.05) is 6.04 Å². The first-order valence-electron chi connectivity index (χ1n) is 3.78. The van der Waals surface area contributed by atoms with Gasteiger partial charge in [-0.15, -0.1) is 13.2 Å². The summed E-state index contributed by atoms with van der Waals surface area (Å²) < 4.78 is 0. The van der Waals surface area contributed by atoms with Crippen LogP contribution in [0.4, 0.5) is 0 Å². The Balaban J connectivity index is 3.42. The molecule has 0 bridgehead atoms. The van der Waals surface area contributed by atoms with Crippen LogP contribution >= 0.6 is 0 Å². The first-order valence-corrected chi connectivity index (χ1v) is 3.78. The van der Waals surface area contributed by atoms with Crippen LogP contribution in [0.5, 0.6) is 0 Å². The average Bonchev–Trinajstić information content (AvgIpc) is 2.03. The molecular weight excluding hydrogens is 138 g/mol. The largest absolute Gasteiger partial charge is 0.352 e. The van der Waals surface area contributed by atoms with Crippen molar-refractivity contribution in [3.8, 4) is 0 Å². The van der Waals surface area contributed by atoms with Crippen molar-refractivity contribution in [2.24, 2.45) is 0 Å². The number of unbranched alkanes of at least 4 members (excludes halogenated alkanes) is 1. The highest BCUT2D eigenvalue weighted by Crippen LogP contribution is 2.01. The van der Waals surface area contributed by atoms with Gasteiger partial charge >= 0.3 is 0 Å². The zero-order valence-corrected chi connectivity index (χ0v) is 6.75. The molecule has 1 N–H and O–H groups in total. The van der Waals surface area contributed by atoms with Crippen molar-refractivity contribution >= 4 is 6.41 Å². The van der Waals surface area contributed by atoms with E-state index in [1.165, 1.54) is 0 Å². The highest BCUT2D eigenvalue weighted by molar-refractivity contribution is 5.47. The summed E-state index contributed by atoms with van der Waals surface area (Å²) in [5.74, 6) is 0. The lowest BCUT2D eigenvalue weighted by Crippen LogP contribution is -2.24. The van der Waals surface area contributed by atoms with Crippen molar-refractivity contribution in [2.45, 2.75) is 25.3 Å². The molecule has 0 saturated carbocycles. The molecule has 62 valence electrons. The Kier molecular flexibility index (Phi) is 6.39. The van der Waals surface area contributed by atoms with E-state index in [1.54, 1.807) is 6.08 Å². The summed E-state index contributed by atoms with van der Waals surface area (Å²) in [5.41, 5.74) is 0. The van der Waals surface area contributed by atoms with Gasteiger partial charge in [-0.25, -0.2) is 0 Å². The molecule has 0 aromatic rings. The fourth-order valence-corrected chi connectivity index (χ4v) is 0.839. The van der Waals surface area contributed by atoms with Gasteiger partial charge in [0.1, 0.15) is 0 Å². The Morgan fingerprint density at radius 3 is 2.64 bits per heavy atom.